The van der Waals surface area contributed by atoms with Crippen LogP contribution < -0.4 is 11.1 Å². The number of aromatic hydroxyl groups is 1. The van der Waals surface area contributed by atoms with Crippen LogP contribution in [0.2, 0.25) is 0 Å². The second kappa shape index (κ2) is 11.6. The van der Waals surface area contributed by atoms with Crippen molar-refractivity contribution in [3.8, 4) is 5.75 Å². The Bertz CT molecular complexity index is 688. The van der Waals surface area contributed by atoms with Gasteiger partial charge in [-0.3, -0.25) is 9.59 Å². The standard InChI is InChI=1S/C16H22N2O3.C7H15N/c1-4-5-6-15(16(21)17-3)18(11-19)10-13-9-14(20)8-7-12(13)2;1-7(2)4-3-6(8)5-7/h4,7-9,11,15,20H,1,5-6,10H2,2-3H3,(H,17,21);6H,3-5,8H2,1-2H3. The average Bonchev–Trinajstić information content (AvgIpc) is 3.00. The molecule has 6 nitrogen and oxygen atoms in total. The maximum Gasteiger partial charge on any atom is 0.242 e. The summed E-state index contributed by atoms with van der Waals surface area (Å²) >= 11 is 0. The Morgan fingerprint density at radius 1 is 1.48 bits per heavy atom. The number of nitrogens with zero attached hydrogens (tertiary/aromatic N) is 1. The summed E-state index contributed by atoms with van der Waals surface area (Å²) in [4.78, 5) is 24.8. The van der Waals surface area contributed by atoms with E-state index < -0.39 is 6.04 Å². The Hall–Kier alpha value is -2.34. The number of nitrogens with two attached hydrogens (primary N) is 1. The number of carbonyl (C=O) groups is 2. The molecule has 0 spiro atoms. The molecule has 1 aromatic rings. The van der Waals surface area contributed by atoms with E-state index in [4.69, 9.17) is 5.73 Å². The van der Waals surface area contributed by atoms with E-state index in [0.29, 0.717) is 30.7 Å². The van der Waals surface area contributed by atoms with Crippen LogP contribution in [0.3, 0.4) is 0 Å². The highest BCUT2D eigenvalue weighted by molar-refractivity contribution is 5.83. The van der Waals surface area contributed by atoms with Crippen molar-refractivity contribution >= 4 is 12.3 Å². The lowest BCUT2D eigenvalue weighted by atomic mass is 9.92. The minimum Gasteiger partial charge on any atom is -0.508 e. The molecule has 2 atom stereocenters. The molecule has 2 unspecified atom stereocenters. The van der Waals surface area contributed by atoms with Crippen molar-refractivity contribution in [3.05, 3.63) is 42.0 Å². The summed E-state index contributed by atoms with van der Waals surface area (Å²) < 4.78 is 0. The van der Waals surface area contributed by atoms with Crippen molar-refractivity contribution in [1.82, 2.24) is 10.2 Å². The first-order chi connectivity index (χ1) is 13.6. The van der Waals surface area contributed by atoms with Gasteiger partial charge in [-0.2, -0.15) is 0 Å². The highest BCUT2D eigenvalue weighted by atomic mass is 16.3. The maximum absolute atomic E-state index is 12.0. The second-order valence-electron chi connectivity index (χ2n) is 8.55. The van der Waals surface area contributed by atoms with Crippen LogP contribution in [0, 0.1) is 12.3 Å². The number of hydrogen-bond acceptors (Lipinski definition) is 4. The summed E-state index contributed by atoms with van der Waals surface area (Å²) in [7, 11) is 1.55. The van der Waals surface area contributed by atoms with Gasteiger partial charge in [0.1, 0.15) is 11.8 Å². The van der Waals surface area contributed by atoms with Gasteiger partial charge in [0.25, 0.3) is 0 Å². The molecule has 1 aliphatic rings. The van der Waals surface area contributed by atoms with Gasteiger partial charge >= 0.3 is 0 Å². The number of nitrogens with one attached hydrogen (secondary N) is 1. The molecule has 0 aromatic heterocycles. The molecule has 1 aromatic carbocycles. The van der Waals surface area contributed by atoms with Gasteiger partial charge in [0.2, 0.25) is 12.3 Å². The van der Waals surface area contributed by atoms with Crippen LogP contribution in [0.25, 0.3) is 0 Å². The van der Waals surface area contributed by atoms with Gasteiger partial charge < -0.3 is 21.1 Å². The third-order valence-corrected chi connectivity index (χ3v) is 5.42. The van der Waals surface area contributed by atoms with Crippen molar-refractivity contribution in [3.63, 3.8) is 0 Å². The summed E-state index contributed by atoms with van der Waals surface area (Å²) in [6.07, 6.45) is 7.31. The zero-order chi connectivity index (χ0) is 22.0. The number of allylic oxidation sites excluding steroid dienone is 1. The van der Waals surface area contributed by atoms with Gasteiger partial charge in [0, 0.05) is 19.6 Å². The van der Waals surface area contributed by atoms with E-state index in [1.54, 1.807) is 31.3 Å². The van der Waals surface area contributed by atoms with Gasteiger partial charge in [0.15, 0.2) is 0 Å². The number of carbonyl (C=O) groups excluding carboxylic acids is 2. The lowest BCUT2D eigenvalue weighted by molar-refractivity contribution is -0.133. The number of amides is 2. The number of rotatable bonds is 8. The molecular weight excluding hydrogens is 366 g/mol. The van der Waals surface area contributed by atoms with Crippen molar-refractivity contribution in [2.24, 2.45) is 11.1 Å². The lowest BCUT2D eigenvalue weighted by Gasteiger charge is -2.27. The van der Waals surface area contributed by atoms with Gasteiger partial charge in [-0.25, -0.2) is 0 Å². The molecule has 0 bridgehead atoms. The SMILES string of the molecule is C=CCCC(C(=O)NC)N(C=O)Cc1cc(O)ccc1C.CC1(C)CCC(N)C1. The van der Waals surface area contributed by atoms with E-state index in [1.807, 2.05) is 6.92 Å². The zero-order valence-electron chi connectivity index (χ0n) is 18.3. The average molecular weight is 404 g/mol. The minimum absolute atomic E-state index is 0.143. The van der Waals surface area contributed by atoms with Crippen molar-refractivity contribution in [2.45, 2.75) is 71.5 Å². The normalized spacial score (nSPS) is 18.2. The van der Waals surface area contributed by atoms with Gasteiger partial charge in [-0.05, 0) is 67.7 Å². The van der Waals surface area contributed by atoms with E-state index in [1.165, 1.54) is 24.2 Å². The zero-order valence-corrected chi connectivity index (χ0v) is 18.3. The van der Waals surface area contributed by atoms with Crippen LogP contribution >= 0.6 is 0 Å². The van der Waals surface area contributed by atoms with Crippen molar-refractivity contribution in [2.75, 3.05) is 7.05 Å². The Morgan fingerprint density at radius 3 is 2.62 bits per heavy atom. The first-order valence-corrected chi connectivity index (χ1v) is 10.2. The molecule has 0 heterocycles. The molecule has 2 amide bonds. The number of phenolic OH excluding ortho intramolecular Hbond substituents is 1. The quantitative estimate of drug-likeness (QED) is 0.458. The van der Waals surface area contributed by atoms with Crippen LogP contribution in [0.1, 0.15) is 57.1 Å². The summed E-state index contributed by atoms with van der Waals surface area (Å²) in [5.74, 6) is -0.0641. The Labute approximate surface area is 175 Å². The topological polar surface area (TPSA) is 95.7 Å². The second-order valence-corrected chi connectivity index (χ2v) is 8.55. The first-order valence-electron chi connectivity index (χ1n) is 10.2. The predicted octanol–water partition coefficient (Wildman–Crippen LogP) is 3.26. The Morgan fingerprint density at radius 2 is 2.17 bits per heavy atom. The highest BCUT2D eigenvalue weighted by Crippen LogP contribution is 2.35. The lowest BCUT2D eigenvalue weighted by Crippen LogP contribution is -2.45. The number of aryl methyl sites for hydroxylation is 1. The summed E-state index contributed by atoms with van der Waals surface area (Å²) in [5.41, 5.74) is 8.02. The van der Waals surface area contributed by atoms with Gasteiger partial charge in [0.05, 0.1) is 0 Å². The van der Waals surface area contributed by atoms with E-state index in [2.05, 4.69) is 25.7 Å². The van der Waals surface area contributed by atoms with Crippen LogP contribution in [-0.2, 0) is 16.1 Å². The molecule has 1 saturated carbocycles. The molecule has 29 heavy (non-hydrogen) atoms. The third kappa shape index (κ3) is 8.28. The molecule has 2 rings (SSSR count). The van der Waals surface area contributed by atoms with Crippen LogP contribution in [0.4, 0.5) is 0 Å². The van der Waals surface area contributed by atoms with Crippen LogP contribution in [0.5, 0.6) is 5.75 Å². The van der Waals surface area contributed by atoms with Gasteiger partial charge in [-0.15, -0.1) is 6.58 Å². The minimum atomic E-state index is -0.549. The first kappa shape index (κ1) is 24.7. The van der Waals surface area contributed by atoms with Crippen molar-refractivity contribution < 1.29 is 14.7 Å². The molecule has 4 N–H and O–H groups in total. The fraction of sp³-hybridized carbons (Fsp3) is 0.565. The molecular formula is C23H37N3O3. The van der Waals surface area contributed by atoms with Crippen LogP contribution in [0.15, 0.2) is 30.9 Å². The van der Waals surface area contributed by atoms with E-state index in [0.717, 1.165) is 11.1 Å². The molecule has 1 aliphatic carbocycles. The summed E-state index contributed by atoms with van der Waals surface area (Å²) in [6.45, 7) is 10.4. The molecule has 0 aliphatic heterocycles. The van der Waals surface area contributed by atoms with E-state index in [-0.39, 0.29) is 18.2 Å². The highest BCUT2D eigenvalue weighted by Gasteiger charge is 2.28. The molecule has 0 saturated heterocycles. The largest absolute Gasteiger partial charge is 0.508 e. The van der Waals surface area contributed by atoms with Crippen molar-refractivity contribution in [1.29, 1.82) is 0 Å². The number of likely N-dealkylation sites (N-methyl/N-ethyl adjacent to an activating group) is 1. The molecule has 162 valence electrons. The molecule has 0 radical (unpaired) electrons. The summed E-state index contributed by atoms with van der Waals surface area (Å²) in [5, 5.41) is 12.1. The number of benzene rings is 1. The monoisotopic (exact) mass is 403 g/mol. The molecule has 6 heteroatoms. The third-order valence-electron chi connectivity index (χ3n) is 5.42. The van der Waals surface area contributed by atoms with Gasteiger partial charge in [-0.1, -0.05) is 26.0 Å². The smallest absolute Gasteiger partial charge is 0.242 e. The number of hydrogen-bond donors (Lipinski definition) is 3. The fourth-order valence-corrected chi connectivity index (χ4v) is 3.63. The van der Waals surface area contributed by atoms with Crippen LogP contribution in [-0.4, -0.2) is 41.5 Å². The predicted molar refractivity (Wildman–Crippen MR) is 117 cm³/mol. The number of phenols is 1. The van der Waals surface area contributed by atoms with E-state index >= 15 is 0 Å². The van der Waals surface area contributed by atoms with E-state index in [9.17, 15) is 14.7 Å². The Kier molecular flexibility index (Phi) is 9.89. The summed E-state index contributed by atoms with van der Waals surface area (Å²) in [6, 6.07) is 4.93. The maximum atomic E-state index is 12.0. The fourth-order valence-electron chi connectivity index (χ4n) is 3.63. The Balaban J connectivity index is 0.000000436. The molecule has 1 fully saturated rings.